The van der Waals surface area contributed by atoms with Gasteiger partial charge in [0.05, 0.1) is 5.60 Å². The molecule has 1 saturated heterocycles. The van der Waals surface area contributed by atoms with Gasteiger partial charge in [-0.1, -0.05) is 27.2 Å². The van der Waals surface area contributed by atoms with E-state index in [9.17, 15) is 0 Å². The Bertz CT molecular complexity index is 165. The number of hydrogen-bond acceptors (Lipinski definition) is 1. The third-order valence-corrected chi connectivity index (χ3v) is 8.61. The highest BCUT2D eigenvalue weighted by Gasteiger charge is 2.41. The minimum atomic E-state index is -1.29. The molecule has 2 heteroatoms. The molecule has 78 valence electrons. The largest absolute Gasteiger partial charge is 0.412 e. The molecule has 1 aliphatic heterocycles. The normalized spacial score (nSPS) is 33.2. The zero-order valence-corrected chi connectivity index (χ0v) is 10.7. The Labute approximate surface area is 84.0 Å². The standard InChI is InChI=1S/C11H24OSi/c1-5-11(4)9-8-10-13(6-2,7-3)12-11/h5-10H2,1-4H3. The molecule has 1 atom stereocenters. The van der Waals surface area contributed by atoms with E-state index < -0.39 is 8.32 Å². The number of hydrogen-bond donors (Lipinski definition) is 0. The van der Waals surface area contributed by atoms with Crippen molar-refractivity contribution < 1.29 is 4.43 Å². The first kappa shape index (κ1) is 11.3. The molecule has 1 unspecified atom stereocenters. The maximum absolute atomic E-state index is 6.45. The van der Waals surface area contributed by atoms with Gasteiger partial charge in [0.15, 0.2) is 8.32 Å². The lowest BCUT2D eigenvalue weighted by molar-refractivity contribution is 0.0457. The summed E-state index contributed by atoms with van der Waals surface area (Å²) in [6, 6.07) is 4.01. The molecule has 1 aliphatic rings. The molecule has 0 radical (unpaired) electrons. The van der Waals surface area contributed by atoms with Crippen LogP contribution in [0.15, 0.2) is 0 Å². The van der Waals surface area contributed by atoms with E-state index in [1.807, 2.05) is 0 Å². The summed E-state index contributed by atoms with van der Waals surface area (Å²) in [5.74, 6) is 0. The van der Waals surface area contributed by atoms with Gasteiger partial charge in [0.25, 0.3) is 0 Å². The Morgan fingerprint density at radius 2 is 1.85 bits per heavy atom. The van der Waals surface area contributed by atoms with E-state index in [-0.39, 0.29) is 5.60 Å². The second-order valence-corrected chi connectivity index (χ2v) is 9.13. The first-order valence-electron chi connectivity index (χ1n) is 5.80. The Kier molecular flexibility index (Phi) is 3.58. The van der Waals surface area contributed by atoms with Crippen molar-refractivity contribution in [1.82, 2.24) is 0 Å². The van der Waals surface area contributed by atoms with Crippen LogP contribution in [-0.4, -0.2) is 13.9 Å². The van der Waals surface area contributed by atoms with Crippen LogP contribution in [0.1, 0.15) is 47.0 Å². The van der Waals surface area contributed by atoms with Crippen LogP contribution in [-0.2, 0) is 4.43 Å². The van der Waals surface area contributed by atoms with Crippen molar-refractivity contribution in [1.29, 1.82) is 0 Å². The van der Waals surface area contributed by atoms with E-state index in [0.717, 1.165) is 0 Å². The topological polar surface area (TPSA) is 9.23 Å². The van der Waals surface area contributed by atoms with E-state index in [4.69, 9.17) is 4.43 Å². The molecule has 13 heavy (non-hydrogen) atoms. The van der Waals surface area contributed by atoms with E-state index in [0.29, 0.717) is 0 Å². The Morgan fingerprint density at radius 1 is 1.23 bits per heavy atom. The van der Waals surface area contributed by atoms with Crippen LogP contribution in [0.3, 0.4) is 0 Å². The molecule has 0 aromatic rings. The van der Waals surface area contributed by atoms with Gasteiger partial charge in [0.1, 0.15) is 0 Å². The van der Waals surface area contributed by atoms with Crippen molar-refractivity contribution in [3.8, 4) is 0 Å². The van der Waals surface area contributed by atoms with Gasteiger partial charge in [0.2, 0.25) is 0 Å². The molecule has 0 spiro atoms. The summed E-state index contributed by atoms with van der Waals surface area (Å²) in [6.45, 7) is 9.20. The molecular formula is C11H24OSi. The average Bonchev–Trinajstić information content (AvgIpc) is 2.18. The minimum Gasteiger partial charge on any atom is -0.412 e. The smallest absolute Gasteiger partial charge is 0.193 e. The summed E-state index contributed by atoms with van der Waals surface area (Å²) in [5.41, 5.74) is 0.219. The van der Waals surface area contributed by atoms with Gasteiger partial charge in [-0.2, -0.15) is 0 Å². The molecule has 1 heterocycles. The summed E-state index contributed by atoms with van der Waals surface area (Å²) in [7, 11) is -1.29. The highest BCUT2D eigenvalue weighted by molar-refractivity contribution is 6.73. The summed E-state index contributed by atoms with van der Waals surface area (Å²) in [6.07, 6.45) is 3.86. The molecule has 0 aromatic heterocycles. The molecule has 0 aliphatic carbocycles. The van der Waals surface area contributed by atoms with E-state index in [1.165, 1.54) is 37.4 Å². The van der Waals surface area contributed by atoms with Crippen LogP contribution in [0.5, 0.6) is 0 Å². The molecule has 0 saturated carbocycles. The van der Waals surface area contributed by atoms with Gasteiger partial charge in [-0.25, -0.2) is 0 Å². The van der Waals surface area contributed by atoms with Crippen molar-refractivity contribution in [2.24, 2.45) is 0 Å². The summed E-state index contributed by atoms with van der Waals surface area (Å²) >= 11 is 0. The van der Waals surface area contributed by atoms with E-state index >= 15 is 0 Å². The van der Waals surface area contributed by atoms with Gasteiger partial charge >= 0.3 is 0 Å². The Morgan fingerprint density at radius 3 is 2.31 bits per heavy atom. The van der Waals surface area contributed by atoms with Crippen molar-refractivity contribution >= 4 is 8.32 Å². The van der Waals surface area contributed by atoms with Gasteiger partial charge in [0, 0.05) is 0 Å². The van der Waals surface area contributed by atoms with Gasteiger partial charge in [-0.3, -0.25) is 0 Å². The molecule has 0 N–H and O–H groups in total. The first-order valence-corrected chi connectivity index (χ1v) is 8.33. The zero-order chi connectivity index (χ0) is 9.95. The van der Waals surface area contributed by atoms with E-state index in [1.54, 1.807) is 0 Å². The second kappa shape index (κ2) is 4.14. The Hall–Kier alpha value is 0.177. The highest BCUT2D eigenvalue weighted by atomic mass is 28.4. The lowest BCUT2D eigenvalue weighted by Gasteiger charge is -2.45. The van der Waals surface area contributed by atoms with Crippen molar-refractivity contribution in [2.45, 2.75) is 70.7 Å². The molecule has 1 nitrogen and oxygen atoms in total. The molecule has 0 bridgehead atoms. The average molecular weight is 200 g/mol. The second-order valence-electron chi connectivity index (χ2n) is 4.65. The maximum atomic E-state index is 6.45. The van der Waals surface area contributed by atoms with Crippen LogP contribution >= 0.6 is 0 Å². The fourth-order valence-electron chi connectivity index (χ4n) is 2.41. The molecule has 1 fully saturated rings. The van der Waals surface area contributed by atoms with Crippen LogP contribution in [0.2, 0.25) is 18.1 Å². The van der Waals surface area contributed by atoms with E-state index in [2.05, 4.69) is 27.7 Å². The fourth-order valence-corrected chi connectivity index (χ4v) is 6.12. The Balaban J connectivity index is 2.69. The predicted molar refractivity (Wildman–Crippen MR) is 60.5 cm³/mol. The van der Waals surface area contributed by atoms with Crippen LogP contribution in [0.4, 0.5) is 0 Å². The van der Waals surface area contributed by atoms with Crippen LogP contribution in [0.25, 0.3) is 0 Å². The van der Waals surface area contributed by atoms with Crippen molar-refractivity contribution in [2.75, 3.05) is 0 Å². The SMILES string of the molecule is CCC1(C)CCC[Si](CC)(CC)O1. The third kappa shape index (κ3) is 2.35. The summed E-state index contributed by atoms with van der Waals surface area (Å²) < 4.78 is 6.45. The predicted octanol–water partition coefficient (Wildman–Crippen LogP) is 3.95. The van der Waals surface area contributed by atoms with Gasteiger partial charge in [-0.05, 0) is 37.9 Å². The minimum absolute atomic E-state index is 0.219. The lowest BCUT2D eigenvalue weighted by atomic mass is 9.98. The quantitative estimate of drug-likeness (QED) is 0.627. The molecule has 1 rings (SSSR count). The highest BCUT2D eigenvalue weighted by Crippen LogP contribution is 2.39. The van der Waals surface area contributed by atoms with Gasteiger partial charge in [-0.15, -0.1) is 0 Å². The number of rotatable bonds is 3. The van der Waals surface area contributed by atoms with Crippen LogP contribution < -0.4 is 0 Å². The molecule has 0 amide bonds. The van der Waals surface area contributed by atoms with Crippen molar-refractivity contribution in [3.63, 3.8) is 0 Å². The molecule has 0 aromatic carbocycles. The van der Waals surface area contributed by atoms with Crippen molar-refractivity contribution in [3.05, 3.63) is 0 Å². The zero-order valence-electron chi connectivity index (χ0n) is 9.65. The fraction of sp³-hybridized carbons (Fsp3) is 1.00. The van der Waals surface area contributed by atoms with Crippen LogP contribution in [0, 0.1) is 0 Å². The first-order chi connectivity index (χ1) is 6.10. The third-order valence-electron chi connectivity index (χ3n) is 3.84. The lowest BCUT2D eigenvalue weighted by Crippen LogP contribution is -2.49. The summed E-state index contributed by atoms with van der Waals surface area (Å²) in [4.78, 5) is 0. The maximum Gasteiger partial charge on any atom is 0.193 e. The summed E-state index contributed by atoms with van der Waals surface area (Å²) in [5, 5.41) is 0. The molecular weight excluding hydrogens is 176 g/mol. The van der Waals surface area contributed by atoms with Gasteiger partial charge < -0.3 is 4.43 Å². The monoisotopic (exact) mass is 200 g/mol.